The molecule has 0 spiro atoms. The Hall–Kier alpha value is -1.62. The first kappa shape index (κ1) is 10.5. The van der Waals surface area contributed by atoms with Crippen LogP contribution in [0.25, 0.3) is 0 Å². The highest BCUT2D eigenvalue weighted by Gasteiger charge is 2.39. The molecule has 3 rings (SSSR count). The number of phenolic OH excluding ortho intramolecular Hbond substituents is 1. The van der Waals surface area contributed by atoms with Crippen LogP contribution in [0.1, 0.15) is 30.7 Å². The van der Waals surface area contributed by atoms with E-state index in [2.05, 4.69) is 5.32 Å². The highest BCUT2D eigenvalue weighted by molar-refractivity contribution is 5.48. The number of nitrogens with zero attached hydrogens (tertiary/aromatic N) is 1. The fourth-order valence-corrected chi connectivity index (χ4v) is 3.12. The molecule has 0 aromatic heterocycles. The molecular weight excluding hydrogens is 220 g/mol. The summed E-state index contributed by atoms with van der Waals surface area (Å²) in [6.07, 6.45) is 3.45. The summed E-state index contributed by atoms with van der Waals surface area (Å²) in [7, 11) is 0. The normalized spacial score (nSPS) is 30.7. The molecule has 3 atom stereocenters. The smallest absolute Gasteiger partial charge is 0.310 e. The van der Waals surface area contributed by atoms with E-state index in [0.29, 0.717) is 18.0 Å². The van der Waals surface area contributed by atoms with Crippen LogP contribution in [-0.4, -0.2) is 22.1 Å². The van der Waals surface area contributed by atoms with Crippen molar-refractivity contribution in [1.29, 1.82) is 0 Å². The van der Waals surface area contributed by atoms with E-state index in [9.17, 15) is 15.2 Å². The third kappa shape index (κ3) is 1.67. The zero-order valence-corrected chi connectivity index (χ0v) is 9.30. The Morgan fingerprint density at radius 2 is 2.24 bits per heavy atom. The number of rotatable bonds is 2. The molecule has 2 aliphatic heterocycles. The lowest BCUT2D eigenvalue weighted by Gasteiger charge is -2.20. The summed E-state index contributed by atoms with van der Waals surface area (Å²) < 4.78 is 0. The van der Waals surface area contributed by atoms with E-state index in [4.69, 9.17) is 0 Å². The number of fused-ring (bicyclic) bond motifs is 2. The molecule has 1 aromatic rings. The van der Waals surface area contributed by atoms with Crippen LogP contribution in [0.3, 0.4) is 0 Å². The van der Waals surface area contributed by atoms with E-state index in [-0.39, 0.29) is 11.4 Å². The monoisotopic (exact) mass is 234 g/mol. The average molecular weight is 234 g/mol. The molecular formula is C12H14N2O3. The fourth-order valence-electron chi connectivity index (χ4n) is 3.12. The molecule has 0 radical (unpaired) electrons. The Balaban J connectivity index is 1.89. The number of hydrogen-bond acceptors (Lipinski definition) is 4. The van der Waals surface area contributed by atoms with E-state index in [1.165, 1.54) is 12.5 Å². The number of benzene rings is 1. The second-order valence-electron chi connectivity index (χ2n) is 4.89. The van der Waals surface area contributed by atoms with Gasteiger partial charge in [-0.2, -0.15) is 0 Å². The highest BCUT2D eigenvalue weighted by atomic mass is 16.6. The second-order valence-corrected chi connectivity index (χ2v) is 4.89. The lowest BCUT2D eigenvalue weighted by Crippen LogP contribution is -2.21. The lowest BCUT2D eigenvalue weighted by atomic mass is 9.84. The van der Waals surface area contributed by atoms with Gasteiger partial charge >= 0.3 is 5.69 Å². The fraction of sp³-hybridized carbons (Fsp3) is 0.500. The Morgan fingerprint density at radius 1 is 1.41 bits per heavy atom. The Kier molecular flexibility index (Phi) is 2.29. The van der Waals surface area contributed by atoms with Gasteiger partial charge in [0, 0.05) is 24.1 Å². The molecule has 0 amide bonds. The first-order chi connectivity index (χ1) is 8.15. The quantitative estimate of drug-likeness (QED) is 0.605. The molecule has 2 aliphatic rings. The molecule has 2 saturated heterocycles. The minimum atomic E-state index is -0.557. The number of nitro groups is 1. The molecule has 90 valence electrons. The Bertz CT molecular complexity index is 475. The van der Waals surface area contributed by atoms with Crippen LogP contribution in [0.15, 0.2) is 18.2 Å². The van der Waals surface area contributed by atoms with Crippen molar-refractivity contribution in [2.45, 2.75) is 37.3 Å². The van der Waals surface area contributed by atoms with Crippen LogP contribution in [0, 0.1) is 10.1 Å². The van der Waals surface area contributed by atoms with Gasteiger partial charge < -0.3 is 10.4 Å². The summed E-state index contributed by atoms with van der Waals surface area (Å²) in [4.78, 5) is 10.1. The number of nitro benzene ring substituents is 1. The maximum Gasteiger partial charge on any atom is 0.310 e. The molecule has 3 unspecified atom stereocenters. The third-order valence-electron chi connectivity index (χ3n) is 3.92. The SMILES string of the molecule is O=[N+]([O-])c1ccc(C2CC3CCC2N3)cc1O. The summed E-state index contributed by atoms with van der Waals surface area (Å²) >= 11 is 0. The molecule has 2 bridgehead atoms. The average Bonchev–Trinajstić information content (AvgIpc) is 2.89. The summed E-state index contributed by atoms with van der Waals surface area (Å²) in [5, 5.41) is 23.8. The van der Waals surface area contributed by atoms with Crippen molar-refractivity contribution in [3.63, 3.8) is 0 Å². The van der Waals surface area contributed by atoms with Gasteiger partial charge in [0.05, 0.1) is 4.92 Å². The number of phenols is 1. The predicted octanol–water partition coefficient (Wildman–Crippen LogP) is 1.91. The topological polar surface area (TPSA) is 75.4 Å². The van der Waals surface area contributed by atoms with Crippen molar-refractivity contribution >= 4 is 5.69 Å². The summed E-state index contributed by atoms with van der Waals surface area (Å²) in [5.41, 5.74) is 0.790. The van der Waals surface area contributed by atoms with Gasteiger partial charge in [0.2, 0.25) is 0 Å². The molecule has 2 N–H and O–H groups in total. The van der Waals surface area contributed by atoms with Crippen molar-refractivity contribution in [3.8, 4) is 5.75 Å². The molecule has 5 nitrogen and oxygen atoms in total. The van der Waals surface area contributed by atoms with Gasteiger partial charge in [-0.05, 0) is 30.9 Å². The summed E-state index contributed by atoms with van der Waals surface area (Å²) in [5.74, 6) is 0.163. The van der Waals surface area contributed by atoms with Gasteiger partial charge in [-0.15, -0.1) is 0 Å². The van der Waals surface area contributed by atoms with Crippen molar-refractivity contribution in [2.75, 3.05) is 0 Å². The second kappa shape index (κ2) is 3.70. The third-order valence-corrected chi connectivity index (χ3v) is 3.92. The van der Waals surface area contributed by atoms with Crippen LogP contribution in [0.2, 0.25) is 0 Å². The van der Waals surface area contributed by atoms with E-state index < -0.39 is 4.92 Å². The number of hydrogen-bond donors (Lipinski definition) is 2. The predicted molar refractivity (Wildman–Crippen MR) is 62.1 cm³/mol. The Morgan fingerprint density at radius 3 is 2.76 bits per heavy atom. The van der Waals surface area contributed by atoms with Gasteiger partial charge in [-0.3, -0.25) is 10.1 Å². The zero-order valence-electron chi connectivity index (χ0n) is 9.30. The van der Waals surface area contributed by atoms with Crippen LogP contribution in [0.5, 0.6) is 5.75 Å². The van der Waals surface area contributed by atoms with Crippen molar-refractivity contribution < 1.29 is 10.0 Å². The van der Waals surface area contributed by atoms with Crippen LogP contribution >= 0.6 is 0 Å². The lowest BCUT2D eigenvalue weighted by molar-refractivity contribution is -0.385. The van der Waals surface area contributed by atoms with Crippen molar-refractivity contribution in [3.05, 3.63) is 33.9 Å². The standard InChI is InChI=1S/C12H14N2O3/c15-12-5-7(1-4-11(12)14(16)17)9-6-8-2-3-10(9)13-8/h1,4-5,8-10,13,15H,2-3,6H2. The van der Waals surface area contributed by atoms with E-state index in [1.807, 2.05) is 0 Å². The van der Waals surface area contributed by atoms with Gasteiger partial charge in [0.25, 0.3) is 0 Å². The first-order valence-electron chi connectivity index (χ1n) is 5.88. The van der Waals surface area contributed by atoms with E-state index in [1.54, 1.807) is 12.1 Å². The van der Waals surface area contributed by atoms with Crippen LogP contribution in [0.4, 0.5) is 5.69 Å². The molecule has 5 heteroatoms. The minimum absolute atomic E-state index is 0.218. The maximum absolute atomic E-state index is 10.6. The van der Waals surface area contributed by atoms with Gasteiger partial charge in [-0.1, -0.05) is 6.07 Å². The Labute approximate surface area is 98.6 Å². The van der Waals surface area contributed by atoms with Gasteiger partial charge in [0.1, 0.15) is 0 Å². The minimum Gasteiger partial charge on any atom is -0.502 e. The largest absolute Gasteiger partial charge is 0.502 e. The maximum atomic E-state index is 10.6. The van der Waals surface area contributed by atoms with E-state index in [0.717, 1.165) is 18.4 Å². The van der Waals surface area contributed by atoms with Crippen LogP contribution < -0.4 is 5.32 Å². The highest BCUT2D eigenvalue weighted by Crippen LogP contribution is 2.41. The van der Waals surface area contributed by atoms with E-state index >= 15 is 0 Å². The molecule has 1 aromatic carbocycles. The molecule has 2 heterocycles. The molecule has 17 heavy (non-hydrogen) atoms. The summed E-state index contributed by atoms with van der Waals surface area (Å²) in [6.45, 7) is 0. The number of nitrogens with one attached hydrogen (secondary N) is 1. The van der Waals surface area contributed by atoms with Gasteiger partial charge in [0.15, 0.2) is 5.75 Å². The first-order valence-corrected chi connectivity index (χ1v) is 5.88. The van der Waals surface area contributed by atoms with Crippen LogP contribution in [-0.2, 0) is 0 Å². The molecule has 0 saturated carbocycles. The molecule has 2 fully saturated rings. The van der Waals surface area contributed by atoms with Crippen molar-refractivity contribution in [1.82, 2.24) is 5.32 Å². The van der Waals surface area contributed by atoms with Gasteiger partial charge in [-0.25, -0.2) is 0 Å². The van der Waals surface area contributed by atoms with Crippen molar-refractivity contribution in [2.24, 2.45) is 0 Å². The summed E-state index contributed by atoms with van der Waals surface area (Å²) in [6, 6.07) is 5.77. The zero-order chi connectivity index (χ0) is 12.0. The molecule has 0 aliphatic carbocycles. The number of aromatic hydroxyl groups is 1.